The number of ether oxygens (including phenoxy) is 1. The Balaban J connectivity index is 1.64. The summed E-state index contributed by atoms with van der Waals surface area (Å²) in [5.41, 5.74) is 1.44. The Morgan fingerprint density at radius 1 is 0.941 bits per heavy atom. The van der Waals surface area contributed by atoms with Crippen molar-refractivity contribution in [1.29, 1.82) is 0 Å². The minimum Gasteiger partial charge on any atom is -0.372 e. The molecule has 3 fully saturated rings. The van der Waals surface area contributed by atoms with E-state index in [0.717, 1.165) is 0 Å². The van der Waals surface area contributed by atoms with Gasteiger partial charge < -0.3 is 4.74 Å². The van der Waals surface area contributed by atoms with Crippen molar-refractivity contribution < 1.29 is 4.74 Å². The van der Waals surface area contributed by atoms with Crippen LogP contribution in [0, 0.1) is 10.8 Å². The molecule has 1 heteroatoms. The van der Waals surface area contributed by atoms with Crippen LogP contribution in [0.4, 0.5) is 0 Å². The predicted molar refractivity (Wildman–Crippen MR) is 71.0 cm³/mol. The third kappa shape index (κ3) is 2.28. The zero-order valence-electron chi connectivity index (χ0n) is 11.8. The molecule has 0 aliphatic heterocycles. The molecule has 0 heterocycles. The maximum absolute atomic E-state index is 6.63. The van der Waals surface area contributed by atoms with Crippen molar-refractivity contribution in [3.63, 3.8) is 0 Å². The summed E-state index contributed by atoms with van der Waals surface area (Å²) in [6.45, 7) is 7.29. The molecule has 3 rings (SSSR count). The van der Waals surface area contributed by atoms with Gasteiger partial charge >= 0.3 is 0 Å². The van der Waals surface area contributed by atoms with E-state index in [2.05, 4.69) is 20.8 Å². The molecule has 0 radical (unpaired) electrons. The first-order valence-electron chi connectivity index (χ1n) is 7.58. The Hall–Kier alpha value is -0.0400. The summed E-state index contributed by atoms with van der Waals surface area (Å²) < 4.78 is 6.63. The molecule has 1 nitrogen and oxygen atoms in total. The van der Waals surface area contributed by atoms with Crippen LogP contribution in [0.25, 0.3) is 0 Å². The fraction of sp³-hybridized carbons (Fsp3) is 1.00. The van der Waals surface area contributed by atoms with E-state index in [0.29, 0.717) is 22.5 Å². The Labute approximate surface area is 106 Å². The zero-order valence-corrected chi connectivity index (χ0v) is 11.8. The average molecular weight is 236 g/mol. The third-order valence-electron chi connectivity index (χ3n) is 5.69. The largest absolute Gasteiger partial charge is 0.372 e. The topological polar surface area (TPSA) is 9.23 Å². The fourth-order valence-corrected chi connectivity index (χ4v) is 4.68. The quantitative estimate of drug-likeness (QED) is 0.675. The van der Waals surface area contributed by atoms with E-state index in [9.17, 15) is 0 Å². The zero-order chi connectivity index (χ0) is 12.1. The maximum atomic E-state index is 6.63. The highest BCUT2D eigenvalue weighted by Gasteiger charge is 2.53. The highest BCUT2D eigenvalue weighted by Crippen LogP contribution is 2.58. The molecule has 0 aromatic carbocycles. The van der Waals surface area contributed by atoms with Crippen molar-refractivity contribution in [2.75, 3.05) is 0 Å². The van der Waals surface area contributed by atoms with Crippen LogP contribution in [-0.2, 0) is 4.74 Å². The van der Waals surface area contributed by atoms with Crippen LogP contribution in [0.1, 0.15) is 78.6 Å². The Morgan fingerprint density at radius 3 is 2.18 bits per heavy atom. The monoisotopic (exact) mass is 236 g/mol. The van der Waals surface area contributed by atoms with Gasteiger partial charge in [0.2, 0.25) is 0 Å². The summed E-state index contributed by atoms with van der Waals surface area (Å²) in [7, 11) is 0. The van der Waals surface area contributed by atoms with Crippen LogP contribution in [0.15, 0.2) is 0 Å². The standard InChI is InChI=1S/C16H28O/c1-14(2)6-4-5-13(11-14)17-16-9-7-15(3,12-16)8-10-16/h13H,4-12H2,1-3H3. The van der Waals surface area contributed by atoms with Gasteiger partial charge in [-0.3, -0.25) is 0 Å². The summed E-state index contributed by atoms with van der Waals surface area (Å²) >= 11 is 0. The van der Waals surface area contributed by atoms with E-state index >= 15 is 0 Å². The van der Waals surface area contributed by atoms with Crippen molar-refractivity contribution >= 4 is 0 Å². The number of hydrogen-bond donors (Lipinski definition) is 0. The van der Waals surface area contributed by atoms with Crippen molar-refractivity contribution in [2.45, 2.75) is 90.3 Å². The second kappa shape index (κ2) is 3.73. The predicted octanol–water partition coefficient (Wildman–Crippen LogP) is 4.69. The lowest BCUT2D eigenvalue weighted by atomic mass is 9.76. The van der Waals surface area contributed by atoms with Gasteiger partial charge in [0.1, 0.15) is 0 Å². The molecule has 1 atom stereocenters. The number of hydrogen-bond acceptors (Lipinski definition) is 1. The lowest BCUT2D eigenvalue weighted by Gasteiger charge is -2.40. The van der Waals surface area contributed by atoms with Gasteiger partial charge in [0.05, 0.1) is 11.7 Å². The summed E-state index contributed by atoms with van der Waals surface area (Å²) in [5, 5.41) is 0. The molecule has 0 amide bonds. The highest BCUT2D eigenvalue weighted by molar-refractivity contribution is 5.05. The van der Waals surface area contributed by atoms with Crippen molar-refractivity contribution in [2.24, 2.45) is 10.8 Å². The molecule has 3 aliphatic carbocycles. The molecular weight excluding hydrogens is 208 g/mol. The normalized spacial score (nSPS) is 48.5. The average Bonchev–Trinajstić information content (AvgIpc) is 2.69. The van der Waals surface area contributed by atoms with E-state index in [-0.39, 0.29) is 0 Å². The van der Waals surface area contributed by atoms with E-state index in [1.54, 1.807) is 0 Å². The molecule has 0 aromatic rings. The summed E-state index contributed by atoms with van der Waals surface area (Å²) in [5.74, 6) is 0. The number of rotatable bonds is 2. The Kier molecular flexibility index (Phi) is 2.63. The Bertz CT molecular complexity index is 297. The minimum absolute atomic E-state index is 0.298. The second-order valence-electron chi connectivity index (χ2n) is 8.17. The lowest BCUT2D eigenvalue weighted by Crippen LogP contribution is -2.37. The Morgan fingerprint density at radius 2 is 1.65 bits per heavy atom. The van der Waals surface area contributed by atoms with Gasteiger partial charge in [-0.15, -0.1) is 0 Å². The van der Waals surface area contributed by atoms with Gasteiger partial charge in [-0.1, -0.05) is 27.2 Å². The SMILES string of the molecule is CC1(C)CCCC(OC23CCC(C)(CC2)C3)C1. The molecule has 0 spiro atoms. The molecule has 0 N–H and O–H groups in total. The second-order valence-corrected chi connectivity index (χ2v) is 8.17. The molecular formula is C16H28O. The molecule has 3 aliphatic rings. The maximum Gasteiger partial charge on any atom is 0.0692 e. The van der Waals surface area contributed by atoms with Crippen LogP contribution >= 0.6 is 0 Å². The molecule has 1 unspecified atom stereocenters. The first kappa shape index (κ1) is 12.0. The van der Waals surface area contributed by atoms with Crippen LogP contribution in [-0.4, -0.2) is 11.7 Å². The van der Waals surface area contributed by atoms with Gasteiger partial charge in [0, 0.05) is 0 Å². The first-order chi connectivity index (χ1) is 7.91. The van der Waals surface area contributed by atoms with Crippen molar-refractivity contribution in [1.82, 2.24) is 0 Å². The molecule has 0 aromatic heterocycles. The van der Waals surface area contributed by atoms with Crippen LogP contribution in [0.2, 0.25) is 0 Å². The van der Waals surface area contributed by atoms with E-state index in [1.807, 2.05) is 0 Å². The van der Waals surface area contributed by atoms with Gasteiger partial charge in [0.15, 0.2) is 0 Å². The molecule has 3 saturated carbocycles. The highest BCUT2D eigenvalue weighted by atomic mass is 16.5. The van der Waals surface area contributed by atoms with Gasteiger partial charge in [-0.25, -0.2) is 0 Å². The number of fused-ring (bicyclic) bond motifs is 2. The van der Waals surface area contributed by atoms with E-state index in [4.69, 9.17) is 4.74 Å². The minimum atomic E-state index is 0.298. The molecule has 0 saturated heterocycles. The van der Waals surface area contributed by atoms with Gasteiger partial charge in [0.25, 0.3) is 0 Å². The molecule has 17 heavy (non-hydrogen) atoms. The van der Waals surface area contributed by atoms with Crippen LogP contribution in [0.3, 0.4) is 0 Å². The van der Waals surface area contributed by atoms with Gasteiger partial charge in [-0.05, 0) is 62.2 Å². The van der Waals surface area contributed by atoms with E-state index < -0.39 is 0 Å². The molecule has 98 valence electrons. The summed E-state index contributed by atoms with van der Waals surface area (Å²) in [6.07, 6.45) is 12.7. The lowest BCUT2D eigenvalue weighted by molar-refractivity contribution is -0.114. The third-order valence-corrected chi connectivity index (χ3v) is 5.69. The first-order valence-corrected chi connectivity index (χ1v) is 7.58. The summed E-state index contributed by atoms with van der Waals surface area (Å²) in [4.78, 5) is 0. The fourth-order valence-electron chi connectivity index (χ4n) is 4.68. The van der Waals surface area contributed by atoms with Gasteiger partial charge in [-0.2, -0.15) is 0 Å². The molecule has 2 bridgehead atoms. The van der Waals surface area contributed by atoms with E-state index in [1.165, 1.54) is 57.8 Å². The smallest absolute Gasteiger partial charge is 0.0692 e. The summed E-state index contributed by atoms with van der Waals surface area (Å²) in [6, 6.07) is 0. The van der Waals surface area contributed by atoms with Crippen molar-refractivity contribution in [3.8, 4) is 0 Å². The van der Waals surface area contributed by atoms with Crippen LogP contribution < -0.4 is 0 Å². The van der Waals surface area contributed by atoms with Crippen LogP contribution in [0.5, 0.6) is 0 Å². The van der Waals surface area contributed by atoms with Crippen molar-refractivity contribution in [3.05, 3.63) is 0 Å².